The van der Waals surface area contributed by atoms with Gasteiger partial charge in [0.2, 0.25) is 0 Å². The molecular weight excluding hydrogens is 364 g/mol. The Morgan fingerprint density at radius 1 is 0.808 bits per heavy atom. The molecule has 0 saturated heterocycles. The Morgan fingerprint density at radius 2 is 1.35 bits per heavy atom. The highest BCUT2D eigenvalue weighted by Gasteiger charge is 2.39. The molecule has 1 aliphatic rings. The zero-order valence-corrected chi connectivity index (χ0v) is 12.8. The summed E-state index contributed by atoms with van der Waals surface area (Å²) in [4.78, 5) is 24.8. The zero-order valence-electron chi connectivity index (χ0n) is 12.8. The molecule has 0 saturated carbocycles. The van der Waals surface area contributed by atoms with E-state index in [9.17, 15) is 35.9 Å². The van der Waals surface area contributed by atoms with Crippen LogP contribution < -0.4 is 4.90 Å². The van der Waals surface area contributed by atoms with Crippen LogP contribution in [0, 0.1) is 0 Å². The molecule has 1 aliphatic heterocycles. The van der Waals surface area contributed by atoms with Gasteiger partial charge in [-0.3, -0.25) is 9.59 Å². The molecule has 3 nitrogen and oxygen atoms in total. The second-order valence-corrected chi connectivity index (χ2v) is 5.65. The number of fused-ring (bicyclic) bond motifs is 1. The topological polar surface area (TPSA) is 37.4 Å². The van der Waals surface area contributed by atoms with E-state index < -0.39 is 41.7 Å². The number of ketones is 1. The number of rotatable bonds is 2. The number of para-hydroxylation sites is 1. The Morgan fingerprint density at radius 3 is 1.88 bits per heavy atom. The molecule has 3 rings (SSSR count). The van der Waals surface area contributed by atoms with Gasteiger partial charge in [0.05, 0.1) is 28.9 Å². The molecule has 1 amide bonds. The van der Waals surface area contributed by atoms with Gasteiger partial charge in [0.15, 0.2) is 0 Å². The van der Waals surface area contributed by atoms with Crippen LogP contribution in [0.1, 0.15) is 27.0 Å². The molecule has 0 aromatic heterocycles. The number of carbonyl (C=O) groups excluding carboxylic acids is 2. The highest BCUT2D eigenvalue weighted by molar-refractivity contribution is 6.52. The lowest BCUT2D eigenvalue weighted by Gasteiger charge is -2.19. The Kier molecular flexibility index (Phi) is 4.05. The summed E-state index contributed by atoms with van der Waals surface area (Å²) in [6.45, 7) is -0.589. The van der Waals surface area contributed by atoms with E-state index in [4.69, 9.17) is 0 Å². The first kappa shape index (κ1) is 18.0. The summed E-state index contributed by atoms with van der Waals surface area (Å²) in [7, 11) is 0. The van der Waals surface area contributed by atoms with Crippen LogP contribution in [0.25, 0.3) is 0 Å². The van der Waals surface area contributed by atoms with Gasteiger partial charge < -0.3 is 4.90 Å². The SMILES string of the molecule is O=C1C(=O)N(Cc2cc(C(F)(F)F)cc(C(F)(F)F)c2)c2ccccc21. The second-order valence-electron chi connectivity index (χ2n) is 5.65. The predicted molar refractivity (Wildman–Crippen MR) is 78.4 cm³/mol. The Bertz CT molecular complexity index is 869. The van der Waals surface area contributed by atoms with Gasteiger partial charge in [0.25, 0.3) is 11.7 Å². The molecule has 136 valence electrons. The molecule has 0 atom stereocenters. The molecule has 0 radical (unpaired) electrons. The van der Waals surface area contributed by atoms with Gasteiger partial charge in [0, 0.05) is 0 Å². The minimum absolute atomic E-state index is 0.00834. The van der Waals surface area contributed by atoms with Crippen LogP contribution in [0.2, 0.25) is 0 Å². The lowest BCUT2D eigenvalue weighted by molar-refractivity contribution is -0.143. The Balaban J connectivity index is 2.05. The number of hydrogen-bond donors (Lipinski definition) is 0. The second kappa shape index (κ2) is 5.86. The van der Waals surface area contributed by atoms with Gasteiger partial charge in [0.1, 0.15) is 0 Å². The molecule has 26 heavy (non-hydrogen) atoms. The van der Waals surface area contributed by atoms with Crippen molar-refractivity contribution in [2.24, 2.45) is 0 Å². The van der Waals surface area contributed by atoms with Crippen molar-refractivity contribution in [2.45, 2.75) is 18.9 Å². The molecular formula is C17H9F6NO2. The quantitative estimate of drug-likeness (QED) is 0.576. The highest BCUT2D eigenvalue weighted by atomic mass is 19.4. The maximum absolute atomic E-state index is 12.9. The number of hydrogen-bond acceptors (Lipinski definition) is 2. The number of benzene rings is 2. The van der Waals surface area contributed by atoms with Crippen molar-refractivity contribution in [1.29, 1.82) is 0 Å². The molecule has 1 heterocycles. The van der Waals surface area contributed by atoms with Crippen LogP contribution in [-0.2, 0) is 23.7 Å². The number of Topliss-reactive ketones (excluding diaryl/α,β-unsaturated/α-hetero) is 1. The van der Waals surface area contributed by atoms with Crippen LogP contribution in [0.3, 0.4) is 0 Å². The van der Waals surface area contributed by atoms with Crippen LogP contribution in [0.4, 0.5) is 32.0 Å². The van der Waals surface area contributed by atoms with E-state index >= 15 is 0 Å². The van der Waals surface area contributed by atoms with Gasteiger partial charge in [-0.1, -0.05) is 12.1 Å². The maximum Gasteiger partial charge on any atom is 0.416 e. The van der Waals surface area contributed by atoms with Gasteiger partial charge in [-0.05, 0) is 35.9 Å². The van der Waals surface area contributed by atoms with E-state index in [0.29, 0.717) is 12.1 Å². The average molecular weight is 373 g/mol. The van der Waals surface area contributed by atoms with Crippen molar-refractivity contribution in [1.82, 2.24) is 0 Å². The van der Waals surface area contributed by atoms with Gasteiger partial charge in [-0.15, -0.1) is 0 Å². The van der Waals surface area contributed by atoms with Crippen LogP contribution >= 0.6 is 0 Å². The summed E-state index contributed by atoms with van der Waals surface area (Å²) in [5.41, 5.74) is -3.14. The zero-order chi connectivity index (χ0) is 19.3. The van der Waals surface area contributed by atoms with Crippen LogP contribution in [0.5, 0.6) is 0 Å². The summed E-state index contributed by atoms with van der Waals surface area (Å²) in [6, 6.07) is 6.85. The molecule has 9 heteroatoms. The number of alkyl halides is 6. The minimum atomic E-state index is -4.99. The lowest BCUT2D eigenvalue weighted by atomic mass is 10.0. The number of halogens is 6. The largest absolute Gasteiger partial charge is 0.416 e. The van der Waals surface area contributed by atoms with E-state index in [2.05, 4.69) is 0 Å². The summed E-state index contributed by atoms with van der Waals surface area (Å²) in [6.07, 6.45) is -9.97. The van der Waals surface area contributed by atoms with Gasteiger partial charge in [-0.25, -0.2) is 0 Å². The summed E-state index contributed by atoms with van der Waals surface area (Å²) in [5, 5.41) is 0. The molecule has 0 N–H and O–H groups in total. The van der Waals surface area contributed by atoms with Crippen molar-refractivity contribution < 1.29 is 35.9 Å². The van der Waals surface area contributed by atoms with Gasteiger partial charge >= 0.3 is 12.4 Å². The van der Waals surface area contributed by atoms with E-state index in [1.807, 2.05) is 0 Å². The third-order valence-electron chi connectivity index (χ3n) is 3.87. The summed E-state index contributed by atoms with van der Waals surface area (Å²) in [5.74, 6) is -1.86. The minimum Gasteiger partial charge on any atom is -0.300 e. The first-order valence-corrected chi connectivity index (χ1v) is 7.22. The van der Waals surface area contributed by atoms with E-state index in [-0.39, 0.29) is 22.9 Å². The van der Waals surface area contributed by atoms with Crippen molar-refractivity contribution in [3.63, 3.8) is 0 Å². The molecule has 2 aromatic carbocycles. The smallest absolute Gasteiger partial charge is 0.300 e. The van der Waals surface area contributed by atoms with E-state index in [1.54, 1.807) is 0 Å². The summed E-state index contributed by atoms with van der Waals surface area (Å²) < 4.78 is 77.6. The van der Waals surface area contributed by atoms with Crippen molar-refractivity contribution in [3.05, 3.63) is 64.7 Å². The molecule has 0 spiro atoms. The first-order chi connectivity index (χ1) is 12.0. The van der Waals surface area contributed by atoms with Gasteiger partial charge in [-0.2, -0.15) is 26.3 Å². The van der Waals surface area contributed by atoms with Crippen LogP contribution in [-0.4, -0.2) is 11.7 Å². The Hall–Kier alpha value is -2.84. The number of amides is 1. The fourth-order valence-corrected chi connectivity index (χ4v) is 2.70. The molecule has 0 unspecified atom stereocenters. The fraction of sp³-hybridized carbons (Fsp3) is 0.176. The van der Waals surface area contributed by atoms with E-state index in [1.165, 1.54) is 24.3 Å². The third-order valence-corrected chi connectivity index (χ3v) is 3.87. The van der Waals surface area contributed by atoms with Crippen molar-refractivity contribution in [3.8, 4) is 0 Å². The van der Waals surface area contributed by atoms with Crippen molar-refractivity contribution in [2.75, 3.05) is 4.90 Å². The predicted octanol–water partition coefficient (Wildman–Crippen LogP) is 4.45. The molecule has 0 fully saturated rings. The third kappa shape index (κ3) is 3.16. The normalized spacial score (nSPS) is 14.8. The molecule has 0 bridgehead atoms. The maximum atomic E-state index is 12.9. The number of nitrogens with zero attached hydrogens (tertiary/aromatic N) is 1. The molecule has 0 aliphatic carbocycles. The summed E-state index contributed by atoms with van der Waals surface area (Å²) >= 11 is 0. The standard InChI is InChI=1S/C17H9F6NO2/c18-16(19,20)10-5-9(6-11(7-10)17(21,22)23)8-24-13-4-2-1-3-12(13)14(25)15(24)26/h1-7H,8H2. The number of carbonyl (C=O) groups is 2. The van der Waals surface area contributed by atoms with Crippen LogP contribution in [0.15, 0.2) is 42.5 Å². The number of anilines is 1. The Labute approximate surface area is 142 Å². The monoisotopic (exact) mass is 373 g/mol. The van der Waals surface area contributed by atoms with Crippen molar-refractivity contribution >= 4 is 17.4 Å². The first-order valence-electron chi connectivity index (χ1n) is 7.22. The molecule has 2 aromatic rings. The van der Waals surface area contributed by atoms with E-state index in [0.717, 1.165) is 4.90 Å². The fourth-order valence-electron chi connectivity index (χ4n) is 2.70. The highest BCUT2D eigenvalue weighted by Crippen LogP contribution is 2.37. The average Bonchev–Trinajstić information content (AvgIpc) is 2.78. The lowest BCUT2D eigenvalue weighted by Crippen LogP contribution is -2.29.